The van der Waals surface area contributed by atoms with Crippen molar-refractivity contribution in [3.05, 3.63) is 46.5 Å². The fourth-order valence-electron chi connectivity index (χ4n) is 2.74. The second-order valence-electron chi connectivity index (χ2n) is 5.87. The molecule has 0 fully saturated rings. The summed E-state index contributed by atoms with van der Waals surface area (Å²) in [4.78, 5) is 20.7. The van der Waals surface area contributed by atoms with Crippen molar-refractivity contribution in [3.63, 3.8) is 0 Å². The molecule has 2 aromatic heterocycles. The maximum absolute atomic E-state index is 11.8. The highest BCUT2D eigenvalue weighted by Crippen LogP contribution is 2.26. The lowest BCUT2D eigenvalue weighted by atomic mass is 10.2. The first kappa shape index (κ1) is 19.9. The molecule has 1 aromatic carbocycles. The molecule has 1 N–H and O–H groups in total. The topological polar surface area (TPSA) is 87.0 Å². The van der Waals surface area contributed by atoms with Crippen molar-refractivity contribution in [2.24, 2.45) is 0 Å². The van der Waals surface area contributed by atoms with Gasteiger partial charge in [0.15, 0.2) is 11.5 Å². The van der Waals surface area contributed by atoms with E-state index in [4.69, 9.17) is 14.2 Å². The van der Waals surface area contributed by atoms with E-state index in [-0.39, 0.29) is 12.4 Å². The Hall–Kier alpha value is -2.81. The molecule has 0 spiro atoms. The van der Waals surface area contributed by atoms with Gasteiger partial charge in [0, 0.05) is 24.4 Å². The molecule has 0 unspecified atom stereocenters. The van der Waals surface area contributed by atoms with Crippen LogP contribution in [0.5, 0.6) is 11.5 Å². The summed E-state index contributed by atoms with van der Waals surface area (Å²) in [5.41, 5.74) is 2.17. The lowest BCUT2D eigenvalue weighted by Crippen LogP contribution is -2.07. The Bertz CT molecular complexity index is 989. The van der Waals surface area contributed by atoms with Crippen LogP contribution in [0, 0.1) is 0 Å². The molecule has 3 aromatic rings. The quantitative estimate of drug-likeness (QED) is 0.529. The molecular weight excluding hydrogens is 428 g/mol. The number of hydrogen-bond acceptors (Lipinski definition) is 7. The van der Waals surface area contributed by atoms with Crippen molar-refractivity contribution in [1.82, 2.24) is 14.4 Å². The van der Waals surface area contributed by atoms with Gasteiger partial charge in [0.05, 0.1) is 39.1 Å². The van der Waals surface area contributed by atoms with Crippen LogP contribution < -0.4 is 14.8 Å². The number of carbonyl (C=O) groups is 1. The lowest BCUT2D eigenvalue weighted by Gasteiger charge is -2.12. The Labute approximate surface area is 171 Å². The summed E-state index contributed by atoms with van der Waals surface area (Å²) in [6.45, 7) is 2.60. The van der Waals surface area contributed by atoms with Gasteiger partial charge in [-0.15, -0.1) is 0 Å². The molecule has 0 saturated heterocycles. The van der Waals surface area contributed by atoms with Gasteiger partial charge in [-0.3, -0.25) is 9.20 Å². The molecule has 0 atom stereocenters. The zero-order valence-corrected chi connectivity index (χ0v) is 17.4. The summed E-state index contributed by atoms with van der Waals surface area (Å²) >= 11 is 3.46. The van der Waals surface area contributed by atoms with Crippen LogP contribution in [0.25, 0.3) is 5.65 Å². The van der Waals surface area contributed by atoms with Crippen molar-refractivity contribution in [2.75, 3.05) is 26.1 Å². The van der Waals surface area contributed by atoms with E-state index in [0.29, 0.717) is 36.1 Å². The van der Waals surface area contributed by atoms with Gasteiger partial charge in [0.2, 0.25) is 0 Å². The number of aromatic nitrogens is 3. The van der Waals surface area contributed by atoms with E-state index in [9.17, 15) is 4.79 Å². The monoisotopic (exact) mass is 448 g/mol. The zero-order chi connectivity index (χ0) is 20.1. The first-order chi connectivity index (χ1) is 13.5. The summed E-state index contributed by atoms with van der Waals surface area (Å²) in [5.74, 6) is 1.72. The van der Waals surface area contributed by atoms with Gasteiger partial charge in [-0.1, -0.05) is 0 Å². The molecule has 9 heteroatoms. The number of halogens is 1. The number of anilines is 1. The fourth-order valence-corrected chi connectivity index (χ4v) is 3.12. The molecular formula is C19H21BrN4O4. The Morgan fingerprint density at radius 3 is 2.82 bits per heavy atom. The number of rotatable bonds is 8. The van der Waals surface area contributed by atoms with E-state index in [2.05, 4.69) is 31.2 Å². The molecule has 148 valence electrons. The third kappa shape index (κ3) is 4.36. The van der Waals surface area contributed by atoms with E-state index < -0.39 is 0 Å². The second kappa shape index (κ2) is 8.92. The van der Waals surface area contributed by atoms with Crippen molar-refractivity contribution >= 4 is 33.4 Å². The van der Waals surface area contributed by atoms with Crippen LogP contribution in [0.3, 0.4) is 0 Å². The molecule has 0 amide bonds. The summed E-state index contributed by atoms with van der Waals surface area (Å²) in [5, 5.41) is 3.28. The first-order valence-corrected chi connectivity index (χ1v) is 9.47. The van der Waals surface area contributed by atoms with E-state index in [1.807, 2.05) is 22.6 Å². The highest BCUT2D eigenvalue weighted by molar-refractivity contribution is 9.10. The number of nitrogens with zero attached hydrogens (tertiary/aromatic N) is 3. The van der Waals surface area contributed by atoms with Crippen molar-refractivity contribution in [3.8, 4) is 11.5 Å². The minimum absolute atomic E-state index is 0.105. The molecule has 0 aliphatic carbocycles. The third-order valence-corrected chi connectivity index (χ3v) is 4.66. The van der Waals surface area contributed by atoms with Crippen LogP contribution in [0.15, 0.2) is 35.2 Å². The largest absolute Gasteiger partial charge is 0.497 e. The van der Waals surface area contributed by atoms with Crippen molar-refractivity contribution < 1.29 is 19.0 Å². The Morgan fingerprint density at radius 2 is 2.11 bits per heavy atom. The minimum atomic E-state index is -0.313. The number of hydrogen-bond donors (Lipinski definition) is 1. The van der Waals surface area contributed by atoms with Gasteiger partial charge < -0.3 is 19.5 Å². The minimum Gasteiger partial charge on any atom is -0.497 e. The number of ether oxygens (including phenoxy) is 3. The van der Waals surface area contributed by atoms with Gasteiger partial charge in [0.1, 0.15) is 16.1 Å². The maximum atomic E-state index is 11.8. The third-order valence-electron chi connectivity index (χ3n) is 4.07. The smallest absolute Gasteiger partial charge is 0.311 e. The van der Waals surface area contributed by atoms with Gasteiger partial charge >= 0.3 is 5.97 Å². The normalized spacial score (nSPS) is 10.7. The average Bonchev–Trinajstić information content (AvgIpc) is 3.12. The van der Waals surface area contributed by atoms with E-state index >= 15 is 0 Å². The molecule has 8 nitrogen and oxygen atoms in total. The number of fused-ring (bicyclic) bond motifs is 1. The Kier molecular flexibility index (Phi) is 6.35. The van der Waals surface area contributed by atoms with Crippen molar-refractivity contribution in [1.29, 1.82) is 0 Å². The molecule has 28 heavy (non-hydrogen) atoms. The number of imidazole rings is 1. The van der Waals surface area contributed by atoms with Crippen LogP contribution in [0.1, 0.15) is 18.2 Å². The lowest BCUT2D eigenvalue weighted by molar-refractivity contribution is -0.142. The molecule has 3 rings (SSSR count). The van der Waals surface area contributed by atoms with Gasteiger partial charge in [-0.2, -0.15) is 0 Å². The molecule has 0 radical (unpaired) electrons. The van der Waals surface area contributed by atoms with E-state index in [0.717, 1.165) is 15.9 Å². The predicted molar refractivity (Wildman–Crippen MR) is 108 cm³/mol. The number of nitrogens with one attached hydrogen (secondary N) is 1. The van der Waals surface area contributed by atoms with Gasteiger partial charge in [-0.25, -0.2) is 9.97 Å². The van der Waals surface area contributed by atoms with Gasteiger partial charge in [-0.05, 0) is 35.0 Å². The predicted octanol–water partition coefficient (Wildman–Crippen LogP) is 3.23. The van der Waals surface area contributed by atoms with Crippen LogP contribution in [0.4, 0.5) is 5.82 Å². The highest BCUT2D eigenvalue weighted by atomic mass is 79.9. The zero-order valence-electron chi connectivity index (χ0n) is 15.9. The fraction of sp³-hybridized carbons (Fsp3) is 0.316. The number of benzene rings is 1. The Morgan fingerprint density at radius 1 is 1.29 bits per heavy atom. The molecule has 2 heterocycles. The molecule has 0 saturated carbocycles. The van der Waals surface area contributed by atoms with E-state index in [1.165, 1.54) is 0 Å². The molecule has 0 aliphatic heterocycles. The summed E-state index contributed by atoms with van der Waals surface area (Å²) < 4.78 is 18.2. The molecule has 0 bridgehead atoms. The van der Waals surface area contributed by atoms with Crippen molar-refractivity contribution in [2.45, 2.75) is 19.9 Å². The summed E-state index contributed by atoms with van der Waals surface area (Å²) in [6.07, 6.45) is 3.57. The highest BCUT2D eigenvalue weighted by Gasteiger charge is 2.14. The van der Waals surface area contributed by atoms with Crippen LogP contribution in [-0.2, 0) is 22.5 Å². The summed E-state index contributed by atoms with van der Waals surface area (Å²) in [7, 11) is 3.23. The number of carbonyl (C=O) groups excluding carboxylic acids is 1. The summed E-state index contributed by atoms with van der Waals surface area (Å²) in [6, 6.07) is 5.63. The number of esters is 1. The second-order valence-corrected chi connectivity index (χ2v) is 6.68. The maximum Gasteiger partial charge on any atom is 0.311 e. The van der Waals surface area contributed by atoms with Crippen LogP contribution in [-0.4, -0.2) is 41.2 Å². The van der Waals surface area contributed by atoms with Crippen LogP contribution in [0.2, 0.25) is 0 Å². The average molecular weight is 449 g/mol. The molecule has 0 aliphatic rings. The Balaban J connectivity index is 1.84. The SMILES string of the molecule is CCOC(=O)Cc1cn2c(Br)cnc(NCc3ccc(OC)cc3OC)c2n1. The van der Waals surface area contributed by atoms with E-state index in [1.54, 1.807) is 33.5 Å². The number of methoxy groups -OCH3 is 2. The first-order valence-electron chi connectivity index (χ1n) is 8.68. The van der Waals surface area contributed by atoms with Crippen LogP contribution >= 0.6 is 15.9 Å². The standard InChI is InChI=1S/C19H21BrN4O4/c1-4-28-17(25)7-13-11-24-16(20)10-22-18(19(24)23-13)21-9-12-5-6-14(26-2)8-15(12)27-3/h5-6,8,10-11H,4,7,9H2,1-3H3,(H,21,22). The van der Waals surface area contributed by atoms with Gasteiger partial charge in [0.25, 0.3) is 0 Å².